The normalized spacial score (nSPS) is 11.3. The highest BCUT2D eigenvalue weighted by Gasteiger charge is 2.25. The number of hydrogen-bond acceptors (Lipinski definition) is 7. The summed E-state index contributed by atoms with van der Waals surface area (Å²) < 4.78 is 23.3. The van der Waals surface area contributed by atoms with Gasteiger partial charge in [0.1, 0.15) is 16.4 Å². The number of aromatic amines is 2. The molecule has 0 saturated heterocycles. The second-order valence-electron chi connectivity index (χ2n) is 4.84. The monoisotopic (exact) mass is 341 g/mol. The van der Waals surface area contributed by atoms with E-state index >= 15 is 0 Å². The van der Waals surface area contributed by atoms with Crippen LogP contribution in [0.1, 0.15) is 12.2 Å². The van der Waals surface area contributed by atoms with E-state index in [1.165, 1.54) is 18.2 Å². The second kappa shape index (κ2) is 6.60. The van der Waals surface area contributed by atoms with Gasteiger partial charge in [-0.2, -0.15) is 5.10 Å². The molecular weight excluding hydrogens is 326 g/mol. The van der Waals surface area contributed by atoms with E-state index in [1.807, 2.05) is 0 Å². The number of para-hydroxylation sites is 1. The summed E-state index contributed by atoms with van der Waals surface area (Å²) in [5, 5.41) is 20.0. The van der Waals surface area contributed by atoms with Crippen LogP contribution in [0, 0.1) is 10.1 Å². The van der Waals surface area contributed by atoms with Crippen molar-refractivity contribution in [1.29, 1.82) is 0 Å². The number of hydrogen-bond donors (Lipinski definition) is 3. The lowest BCUT2D eigenvalue weighted by atomic mass is 10.2. The highest BCUT2D eigenvalue weighted by atomic mass is 32.2. The Morgan fingerprint density at radius 1 is 1.39 bits per heavy atom. The number of aryl methyl sites for hydroxylation is 1. The lowest BCUT2D eigenvalue weighted by molar-refractivity contribution is -0.386. The number of nitrogens with one attached hydrogen (secondary N) is 3. The molecule has 0 aliphatic rings. The molecule has 23 heavy (non-hydrogen) atoms. The summed E-state index contributed by atoms with van der Waals surface area (Å²) in [6.45, 7) is 0.350. The summed E-state index contributed by atoms with van der Waals surface area (Å²) in [5.41, 5.74) is -0.735. The maximum Gasteiger partial charge on any atom is 0.340 e. The summed E-state index contributed by atoms with van der Waals surface area (Å²) in [4.78, 5) is 23.5. The van der Waals surface area contributed by atoms with Crippen molar-refractivity contribution in [2.75, 3.05) is 18.1 Å². The van der Waals surface area contributed by atoms with Crippen molar-refractivity contribution in [2.45, 2.75) is 17.7 Å². The minimum absolute atomic E-state index is 0.133. The quantitative estimate of drug-likeness (QED) is 0.376. The fourth-order valence-electron chi connectivity index (χ4n) is 2.06. The van der Waals surface area contributed by atoms with Gasteiger partial charge in [-0.15, -0.1) is 0 Å². The highest BCUT2D eigenvalue weighted by molar-refractivity contribution is 7.90. The Morgan fingerprint density at radius 2 is 2.13 bits per heavy atom. The van der Waals surface area contributed by atoms with Gasteiger partial charge in [0, 0.05) is 19.2 Å². The van der Waals surface area contributed by atoms with Crippen LogP contribution in [-0.4, -0.2) is 41.3 Å². The summed E-state index contributed by atoms with van der Waals surface area (Å²) in [6.07, 6.45) is 1.93. The minimum Gasteiger partial charge on any atom is -0.379 e. The maximum atomic E-state index is 11.6. The first-order chi connectivity index (χ1) is 10.8. The van der Waals surface area contributed by atoms with Gasteiger partial charge in [-0.1, -0.05) is 6.07 Å². The number of anilines is 1. The van der Waals surface area contributed by atoms with Crippen LogP contribution in [-0.2, 0) is 16.3 Å². The molecule has 0 spiro atoms. The molecule has 0 amide bonds. The van der Waals surface area contributed by atoms with E-state index in [2.05, 4.69) is 20.5 Å². The van der Waals surface area contributed by atoms with Crippen molar-refractivity contribution < 1.29 is 13.3 Å². The van der Waals surface area contributed by atoms with Crippen molar-refractivity contribution in [3.8, 4) is 0 Å². The van der Waals surface area contributed by atoms with E-state index in [0.29, 0.717) is 25.2 Å². The number of nitro benzene ring substituents is 1. The molecule has 3 N–H and O–H groups in total. The number of nitro groups is 1. The molecule has 2 rings (SSSR count). The molecule has 124 valence electrons. The van der Waals surface area contributed by atoms with E-state index < -0.39 is 26.1 Å². The molecule has 2 aromatic rings. The van der Waals surface area contributed by atoms with Crippen LogP contribution < -0.4 is 11.0 Å². The van der Waals surface area contributed by atoms with Crippen LogP contribution in [0.2, 0.25) is 0 Å². The molecular formula is C12H15N5O5S. The maximum absolute atomic E-state index is 11.6. The molecule has 0 saturated carbocycles. The predicted octanol–water partition coefficient (Wildman–Crippen LogP) is 0.454. The van der Waals surface area contributed by atoms with Crippen molar-refractivity contribution in [3.05, 3.63) is 44.6 Å². The van der Waals surface area contributed by atoms with Crippen molar-refractivity contribution >= 4 is 21.2 Å². The largest absolute Gasteiger partial charge is 0.379 e. The van der Waals surface area contributed by atoms with Gasteiger partial charge in [0.25, 0.3) is 0 Å². The first kappa shape index (κ1) is 16.7. The minimum atomic E-state index is -3.71. The Bertz CT molecular complexity index is 870. The van der Waals surface area contributed by atoms with E-state index in [1.54, 1.807) is 0 Å². The van der Waals surface area contributed by atoms with E-state index in [4.69, 9.17) is 0 Å². The average molecular weight is 341 g/mol. The highest BCUT2D eigenvalue weighted by Crippen LogP contribution is 2.31. The summed E-state index contributed by atoms with van der Waals surface area (Å²) >= 11 is 0. The fraction of sp³-hybridized carbons (Fsp3) is 0.333. The van der Waals surface area contributed by atoms with E-state index in [0.717, 1.165) is 6.26 Å². The molecule has 0 aliphatic heterocycles. The Hall–Kier alpha value is -2.69. The average Bonchev–Trinajstić information content (AvgIpc) is 2.87. The Kier molecular flexibility index (Phi) is 4.79. The molecule has 1 aromatic carbocycles. The zero-order chi connectivity index (χ0) is 17.0. The van der Waals surface area contributed by atoms with Gasteiger partial charge in [0.05, 0.1) is 4.92 Å². The summed E-state index contributed by atoms with van der Waals surface area (Å²) in [6, 6.07) is 4.09. The van der Waals surface area contributed by atoms with E-state index in [-0.39, 0.29) is 10.6 Å². The molecule has 0 aliphatic carbocycles. The number of rotatable bonds is 7. The molecule has 1 heterocycles. The number of aromatic nitrogens is 3. The molecule has 1 aromatic heterocycles. The topological polar surface area (TPSA) is 151 Å². The van der Waals surface area contributed by atoms with Crippen LogP contribution in [0.4, 0.5) is 11.4 Å². The first-order valence-electron chi connectivity index (χ1n) is 6.64. The molecule has 0 bridgehead atoms. The lowest BCUT2D eigenvalue weighted by Crippen LogP contribution is -2.09. The Balaban J connectivity index is 2.10. The van der Waals surface area contributed by atoms with Gasteiger partial charge in [-0.25, -0.2) is 18.3 Å². The second-order valence-corrected chi connectivity index (χ2v) is 6.82. The van der Waals surface area contributed by atoms with Crippen molar-refractivity contribution in [2.24, 2.45) is 0 Å². The predicted molar refractivity (Wildman–Crippen MR) is 82.2 cm³/mol. The summed E-state index contributed by atoms with van der Waals surface area (Å²) in [7, 11) is -3.71. The Morgan fingerprint density at radius 3 is 2.70 bits per heavy atom. The van der Waals surface area contributed by atoms with Crippen LogP contribution in [0.15, 0.2) is 27.9 Å². The smallest absolute Gasteiger partial charge is 0.340 e. The van der Waals surface area contributed by atoms with Gasteiger partial charge in [-0.05, 0) is 18.6 Å². The number of H-pyrrole nitrogens is 2. The molecule has 0 fully saturated rings. The molecule has 10 nitrogen and oxygen atoms in total. The fourth-order valence-corrected chi connectivity index (χ4v) is 2.92. The van der Waals surface area contributed by atoms with Crippen LogP contribution in [0.3, 0.4) is 0 Å². The van der Waals surface area contributed by atoms with Crippen LogP contribution in [0.5, 0.6) is 0 Å². The number of benzene rings is 1. The van der Waals surface area contributed by atoms with Crippen molar-refractivity contribution in [3.63, 3.8) is 0 Å². The van der Waals surface area contributed by atoms with Crippen LogP contribution in [0.25, 0.3) is 0 Å². The third-order valence-electron chi connectivity index (χ3n) is 3.04. The van der Waals surface area contributed by atoms with Gasteiger partial charge in [0.15, 0.2) is 9.84 Å². The van der Waals surface area contributed by atoms with Gasteiger partial charge in [-0.3, -0.25) is 15.1 Å². The molecule has 0 radical (unpaired) electrons. The lowest BCUT2D eigenvalue weighted by Gasteiger charge is -2.09. The number of sulfone groups is 1. The zero-order valence-electron chi connectivity index (χ0n) is 12.2. The van der Waals surface area contributed by atoms with Gasteiger partial charge in [0.2, 0.25) is 0 Å². The first-order valence-corrected chi connectivity index (χ1v) is 8.53. The van der Waals surface area contributed by atoms with Gasteiger partial charge >= 0.3 is 11.4 Å². The Labute approximate surface area is 131 Å². The molecule has 0 unspecified atom stereocenters. The summed E-state index contributed by atoms with van der Waals surface area (Å²) in [5.74, 6) is 0.483. The number of nitrogens with zero attached hydrogens (tertiary/aromatic N) is 2. The molecule has 11 heteroatoms. The van der Waals surface area contributed by atoms with Crippen LogP contribution >= 0.6 is 0 Å². The third kappa shape index (κ3) is 4.16. The standard InChI is InChI=1S/C12H15N5O5S/c1-23(21,22)9-5-2-4-8(11(9)17(19)20)13-7-3-6-10-14-12(18)16-15-10/h2,4-5,13H,3,6-7H2,1H3,(H2,14,15,16,18). The van der Waals surface area contributed by atoms with Gasteiger partial charge < -0.3 is 5.32 Å². The van der Waals surface area contributed by atoms with Crippen molar-refractivity contribution in [1.82, 2.24) is 15.2 Å². The zero-order valence-corrected chi connectivity index (χ0v) is 13.0. The SMILES string of the molecule is CS(=O)(=O)c1cccc(NCCCc2n[nH]c(=O)[nH]2)c1[N+](=O)[O-]. The third-order valence-corrected chi connectivity index (χ3v) is 4.17. The molecule has 0 atom stereocenters. The van der Waals surface area contributed by atoms with E-state index in [9.17, 15) is 23.3 Å².